The Balaban J connectivity index is 1.63. The van der Waals surface area contributed by atoms with Crippen LogP contribution in [0.25, 0.3) is 11.0 Å². The van der Waals surface area contributed by atoms with Gasteiger partial charge in [-0.2, -0.15) is 0 Å². The molecule has 0 aliphatic carbocycles. The third-order valence-corrected chi connectivity index (χ3v) is 7.67. The Kier molecular flexibility index (Phi) is 5.64. The van der Waals surface area contributed by atoms with Crippen molar-refractivity contribution in [2.75, 3.05) is 11.5 Å². The number of halogens is 1. The summed E-state index contributed by atoms with van der Waals surface area (Å²) in [5.74, 6) is 0.0286. The number of hydrogen-bond donors (Lipinski definition) is 0. The van der Waals surface area contributed by atoms with Crippen molar-refractivity contribution in [1.29, 1.82) is 0 Å². The maximum Gasteiger partial charge on any atom is 0.227 e. The van der Waals surface area contributed by atoms with Gasteiger partial charge in [-0.15, -0.1) is 0 Å². The highest BCUT2D eigenvalue weighted by molar-refractivity contribution is 7.91. The highest BCUT2D eigenvalue weighted by Crippen LogP contribution is 2.28. The van der Waals surface area contributed by atoms with Gasteiger partial charge in [-0.25, -0.2) is 8.42 Å². The van der Waals surface area contributed by atoms with Crippen LogP contribution < -0.4 is 0 Å². The minimum absolute atomic E-state index is 0.0106. The second kappa shape index (κ2) is 8.08. The summed E-state index contributed by atoms with van der Waals surface area (Å²) in [7, 11) is -3.11. The average molecular weight is 446 g/mol. The maximum absolute atomic E-state index is 13.4. The maximum atomic E-state index is 13.4. The number of nitrogens with zero attached hydrogens (tertiary/aromatic N) is 1. The highest BCUT2D eigenvalue weighted by Gasteiger charge is 2.35. The lowest BCUT2D eigenvalue weighted by Gasteiger charge is -2.28. The summed E-state index contributed by atoms with van der Waals surface area (Å²) in [4.78, 5) is 15.1. The molecular formula is C23H24ClNO4S. The Morgan fingerprint density at radius 2 is 1.93 bits per heavy atom. The summed E-state index contributed by atoms with van der Waals surface area (Å²) < 4.78 is 29.8. The molecule has 0 unspecified atom stereocenters. The van der Waals surface area contributed by atoms with Crippen molar-refractivity contribution in [2.24, 2.45) is 0 Å². The van der Waals surface area contributed by atoms with Crippen LogP contribution in [0.2, 0.25) is 5.02 Å². The molecule has 1 saturated heterocycles. The molecule has 0 N–H and O–H groups in total. The minimum Gasteiger partial charge on any atom is -0.464 e. The van der Waals surface area contributed by atoms with E-state index in [1.807, 2.05) is 32.0 Å². The van der Waals surface area contributed by atoms with Crippen LogP contribution in [0, 0.1) is 13.8 Å². The van der Waals surface area contributed by atoms with Crippen molar-refractivity contribution in [1.82, 2.24) is 4.90 Å². The Morgan fingerprint density at radius 1 is 1.20 bits per heavy atom. The van der Waals surface area contributed by atoms with E-state index in [4.69, 9.17) is 16.0 Å². The zero-order valence-electron chi connectivity index (χ0n) is 17.0. The van der Waals surface area contributed by atoms with E-state index in [-0.39, 0.29) is 29.9 Å². The first-order valence-electron chi connectivity index (χ1n) is 9.93. The molecular weight excluding hydrogens is 422 g/mol. The molecule has 30 heavy (non-hydrogen) atoms. The lowest BCUT2D eigenvalue weighted by Crippen LogP contribution is -2.41. The van der Waals surface area contributed by atoms with Gasteiger partial charge in [0.2, 0.25) is 5.91 Å². The predicted octanol–water partition coefficient (Wildman–Crippen LogP) is 4.46. The van der Waals surface area contributed by atoms with Gasteiger partial charge in [0.25, 0.3) is 0 Å². The van der Waals surface area contributed by atoms with E-state index in [0.29, 0.717) is 18.0 Å². The number of amides is 1. The normalized spacial score (nSPS) is 18.0. The fourth-order valence-corrected chi connectivity index (χ4v) is 6.11. The molecule has 0 bridgehead atoms. The first-order chi connectivity index (χ1) is 14.2. The van der Waals surface area contributed by atoms with Gasteiger partial charge >= 0.3 is 0 Å². The van der Waals surface area contributed by atoms with Crippen molar-refractivity contribution in [3.8, 4) is 0 Å². The van der Waals surface area contributed by atoms with E-state index in [9.17, 15) is 13.2 Å². The second-order valence-corrected chi connectivity index (χ2v) is 10.8. The molecule has 1 aromatic heterocycles. The zero-order chi connectivity index (χ0) is 21.5. The summed E-state index contributed by atoms with van der Waals surface area (Å²) in [6, 6.07) is 11.0. The van der Waals surface area contributed by atoms with Crippen molar-refractivity contribution in [2.45, 2.75) is 39.3 Å². The van der Waals surface area contributed by atoms with E-state index < -0.39 is 9.84 Å². The molecule has 1 aliphatic heterocycles. The van der Waals surface area contributed by atoms with Crippen LogP contribution >= 0.6 is 11.6 Å². The number of rotatable bonds is 5. The molecule has 158 valence electrons. The summed E-state index contributed by atoms with van der Waals surface area (Å²) in [6.07, 6.45) is 2.27. The lowest BCUT2D eigenvalue weighted by atomic mass is 10.0. The molecule has 2 aromatic carbocycles. The number of fused-ring (bicyclic) bond motifs is 1. The van der Waals surface area contributed by atoms with E-state index >= 15 is 0 Å². The van der Waals surface area contributed by atoms with E-state index in [0.717, 1.165) is 33.2 Å². The van der Waals surface area contributed by atoms with E-state index in [1.165, 1.54) is 0 Å². The molecule has 0 radical (unpaired) electrons. The monoisotopic (exact) mass is 445 g/mol. The molecule has 1 aliphatic rings. The van der Waals surface area contributed by atoms with Crippen LogP contribution in [0.15, 0.2) is 47.1 Å². The van der Waals surface area contributed by atoms with Gasteiger partial charge in [-0.1, -0.05) is 29.8 Å². The SMILES string of the molecule is Cc1cc(C)c2c(CC(=O)N(Cc3ccc(Cl)cc3)[C@@H]3CCS(=O)(=O)C3)coc2c1. The summed E-state index contributed by atoms with van der Waals surface area (Å²) >= 11 is 5.98. The van der Waals surface area contributed by atoms with Crippen LogP contribution in [0.4, 0.5) is 0 Å². The largest absolute Gasteiger partial charge is 0.464 e. The Bertz CT molecular complexity index is 1200. The molecule has 1 fully saturated rings. The molecule has 1 amide bonds. The Morgan fingerprint density at radius 3 is 2.60 bits per heavy atom. The van der Waals surface area contributed by atoms with Gasteiger partial charge in [0.05, 0.1) is 24.2 Å². The lowest BCUT2D eigenvalue weighted by molar-refractivity contribution is -0.133. The number of sulfone groups is 1. The Labute approximate surface area is 181 Å². The molecule has 0 saturated carbocycles. The molecule has 1 atom stereocenters. The third kappa shape index (κ3) is 4.40. The van der Waals surface area contributed by atoms with Crippen molar-refractivity contribution in [3.63, 3.8) is 0 Å². The molecule has 0 spiro atoms. The van der Waals surface area contributed by atoms with Gasteiger partial charge < -0.3 is 9.32 Å². The zero-order valence-corrected chi connectivity index (χ0v) is 18.6. The van der Waals surface area contributed by atoms with Crippen molar-refractivity contribution in [3.05, 3.63) is 69.9 Å². The number of hydrogen-bond acceptors (Lipinski definition) is 4. The van der Waals surface area contributed by atoms with Gasteiger partial charge in [0, 0.05) is 28.6 Å². The predicted molar refractivity (Wildman–Crippen MR) is 118 cm³/mol. The average Bonchev–Trinajstić information content (AvgIpc) is 3.24. The van der Waals surface area contributed by atoms with Crippen molar-refractivity contribution >= 4 is 38.3 Å². The van der Waals surface area contributed by atoms with Gasteiger partial charge in [-0.3, -0.25) is 4.79 Å². The molecule has 4 rings (SSSR count). The fourth-order valence-electron chi connectivity index (χ4n) is 4.25. The first kappa shape index (κ1) is 20.9. The van der Waals surface area contributed by atoms with Gasteiger partial charge in [0.15, 0.2) is 9.84 Å². The van der Waals surface area contributed by atoms with Crippen LogP contribution in [0.5, 0.6) is 0 Å². The van der Waals surface area contributed by atoms with E-state index in [1.54, 1.807) is 23.3 Å². The van der Waals surface area contributed by atoms with Gasteiger partial charge in [0.1, 0.15) is 5.58 Å². The van der Waals surface area contributed by atoms with Crippen LogP contribution in [-0.4, -0.2) is 36.8 Å². The first-order valence-corrected chi connectivity index (χ1v) is 12.1. The minimum atomic E-state index is -3.11. The number of aryl methyl sites for hydroxylation is 2. The van der Waals surface area contributed by atoms with E-state index in [2.05, 4.69) is 6.07 Å². The number of furan rings is 1. The molecule has 3 aromatic rings. The number of carbonyl (C=O) groups is 1. The molecule has 5 nitrogen and oxygen atoms in total. The highest BCUT2D eigenvalue weighted by atomic mass is 35.5. The standard InChI is InChI=1S/C23H24ClNO4S/c1-15-9-16(2)23-18(13-29-21(23)10-15)11-22(26)25(20-7-8-30(27,28)14-20)12-17-3-5-19(24)6-4-17/h3-6,9-10,13,20H,7-8,11-12,14H2,1-2H3/t20-/m1/s1. The smallest absolute Gasteiger partial charge is 0.227 e. The van der Waals surface area contributed by atoms with Crippen LogP contribution in [-0.2, 0) is 27.6 Å². The van der Waals surface area contributed by atoms with Crippen molar-refractivity contribution < 1.29 is 17.6 Å². The number of carbonyl (C=O) groups excluding carboxylic acids is 1. The molecule has 7 heteroatoms. The topological polar surface area (TPSA) is 67.6 Å². The quantitative estimate of drug-likeness (QED) is 0.581. The second-order valence-electron chi connectivity index (χ2n) is 8.10. The third-order valence-electron chi connectivity index (χ3n) is 5.67. The van der Waals surface area contributed by atoms with Gasteiger partial charge in [-0.05, 0) is 55.2 Å². The summed E-state index contributed by atoms with van der Waals surface area (Å²) in [5.41, 5.74) is 4.68. The van der Waals surface area contributed by atoms with Crippen LogP contribution in [0.1, 0.15) is 28.7 Å². The number of benzene rings is 2. The summed E-state index contributed by atoms with van der Waals surface area (Å²) in [6.45, 7) is 4.37. The summed E-state index contributed by atoms with van der Waals surface area (Å²) in [5, 5.41) is 1.58. The Hall–Kier alpha value is -2.31. The van der Waals surface area contributed by atoms with Crippen LogP contribution in [0.3, 0.4) is 0 Å². The molecule has 2 heterocycles. The fraction of sp³-hybridized carbons (Fsp3) is 0.348.